The van der Waals surface area contributed by atoms with E-state index >= 15 is 0 Å². The Morgan fingerprint density at radius 2 is 1.84 bits per heavy atom. The average molecular weight is 265 g/mol. The molecule has 1 aliphatic rings. The molecule has 0 saturated heterocycles. The number of ether oxygens (including phenoxy) is 2. The highest BCUT2D eigenvalue weighted by molar-refractivity contribution is 5.92. The Morgan fingerprint density at radius 3 is 2.47 bits per heavy atom. The van der Waals surface area contributed by atoms with Crippen LogP contribution in [0.4, 0.5) is 0 Å². The number of methoxy groups -OCH3 is 2. The van der Waals surface area contributed by atoms with Gasteiger partial charge in [-0.05, 0) is 25.0 Å². The quantitative estimate of drug-likeness (QED) is 0.605. The topological polar surface area (TPSA) is 54.0 Å². The van der Waals surface area contributed by atoms with Crippen LogP contribution < -0.4 is 9.47 Å². The normalized spacial score (nSPS) is 15.3. The van der Waals surface area contributed by atoms with Gasteiger partial charge >= 0.3 is 5.97 Å². The summed E-state index contributed by atoms with van der Waals surface area (Å²) in [6.07, 6.45) is 4.69. The summed E-state index contributed by atoms with van der Waals surface area (Å²) >= 11 is 0. The van der Waals surface area contributed by atoms with Gasteiger partial charge in [0, 0.05) is 6.07 Å². The first-order chi connectivity index (χ1) is 9.24. The summed E-state index contributed by atoms with van der Waals surface area (Å²) in [5, 5.41) is 0. The molecule has 0 aromatic heterocycles. The first-order valence-electron chi connectivity index (χ1n) is 6.20. The van der Waals surface area contributed by atoms with Crippen molar-refractivity contribution in [2.24, 2.45) is 0 Å². The number of carbonyl (C=O) groups excluding carboxylic acids is 1. The third-order valence-electron chi connectivity index (χ3n) is 3.03. The van der Waals surface area contributed by atoms with Crippen LogP contribution in [0.1, 0.15) is 36.0 Å². The molecule has 0 N–H and O–H groups in total. The van der Waals surface area contributed by atoms with Gasteiger partial charge in [0.2, 0.25) is 0 Å². The van der Waals surface area contributed by atoms with Crippen molar-refractivity contribution in [3.63, 3.8) is 0 Å². The second kappa shape index (κ2) is 6.43. The van der Waals surface area contributed by atoms with Crippen molar-refractivity contribution in [2.45, 2.75) is 25.7 Å². The van der Waals surface area contributed by atoms with Crippen LogP contribution in [-0.4, -0.2) is 20.2 Å². The second-order valence-electron chi connectivity index (χ2n) is 4.27. The van der Waals surface area contributed by atoms with Gasteiger partial charge in [0.25, 0.3) is 0 Å². The minimum Gasteiger partial charge on any atom is -0.497 e. The number of rotatable bonds is 5. The molecular formula is C14H17O5. The van der Waals surface area contributed by atoms with Gasteiger partial charge in [0.15, 0.2) is 0 Å². The van der Waals surface area contributed by atoms with E-state index < -0.39 is 5.97 Å². The summed E-state index contributed by atoms with van der Waals surface area (Å²) in [7, 11) is 3.03. The van der Waals surface area contributed by atoms with Crippen LogP contribution in [0.3, 0.4) is 0 Å². The molecule has 0 aliphatic heterocycles. The Hall–Kier alpha value is -1.75. The van der Waals surface area contributed by atoms with E-state index in [1.54, 1.807) is 25.3 Å². The van der Waals surface area contributed by atoms with Crippen molar-refractivity contribution in [1.29, 1.82) is 0 Å². The molecule has 1 aromatic rings. The molecule has 0 bridgehead atoms. The highest BCUT2D eigenvalue weighted by Crippen LogP contribution is 2.29. The van der Waals surface area contributed by atoms with E-state index in [4.69, 9.17) is 19.2 Å². The Bertz CT molecular complexity index is 437. The lowest BCUT2D eigenvalue weighted by atomic mass is 10.2. The molecule has 5 heteroatoms. The maximum Gasteiger partial charge on any atom is 0.376 e. The van der Waals surface area contributed by atoms with E-state index in [2.05, 4.69) is 0 Å². The Morgan fingerprint density at radius 1 is 1.11 bits per heavy atom. The molecule has 2 rings (SSSR count). The number of benzene rings is 1. The van der Waals surface area contributed by atoms with Gasteiger partial charge in [0.1, 0.15) is 23.2 Å². The largest absolute Gasteiger partial charge is 0.497 e. The predicted octanol–water partition coefficient (Wildman–Crippen LogP) is 2.90. The van der Waals surface area contributed by atoms with Gasteiger partial charge in [-0.2, -0.15) is 4.89 Å². The van der Waals surface area contributed by atoms with Crippen LogP contribution in [0, 0.1) is 6.10 Å². The van der Waals surface area contributed by atoms with Crippen molar-refractivity contribution >= 4 is 5.97 Å². The van der Waals surface area contributed by atoms with Crippen LogP contribution in [0.5, 0.6) is 11.5 Å². The smallest absolute Gasteiger partial charge is 0.376 e. The molecule has 103 valence electrons. The van der Waals surface area contributed by atoms with Crippen molar-refractivity contribution in [2.75, 3.05) is 14.2 Å². The standard InChI is InChI=1S/C14H17O5/c1-16-11-7-8-12(13(9-11)17-2)14(15)19-18-10-5-3-4-6-10/h7-9H,3-6H2,1-2H3. The molecule has 1 fully saturated rings. The lowest BCUT2D eigenvalue weighted by Gasteiger charge is -2.11. The van der Waals surface area contributed by atoms with Gasteiger partial charge in [-0.1, -0.05) is 12.8 Å². The van der Waals surface area contributed by atoms with Gasteiger partial charge in [-0.25, -0.2) is 4.79 Å². The molecule has 1 saturated carbocycles. The Kier molecular flexibility index (Phi) is 4.63. The summed E-state index contributed by atoms with van der Waals surface area (Å²) in [5.74, 6) is 0.433. The molecule has 5 nitrogen and oxygen atoms in total. The van der Waals surface area contributed by atoms with Gasteiger partial charge < -0.3 is 9.47 Å². The molecule has 0 heterocycles. The van der Waals surface area contributed by atoms with E-state index in [1.807, 2.05) is 0 Å². The minimum atomic E-state index is -0.570. The summed E-state index contributed by atoms with van der Waals surface area (Å²) in [5.41, 5.74) is 0.307. The molecule has 0 spiro atoms. The lowest BCUT2D eigenvalue weighted by molar-refractivity contribution is -0.234. The van der Waals surface area contributed by atoms with E-state index in [9.17, 15) is 4.79 Å². The molecule has 1 aromatic carbocycles. The fourth-order valence-electron chi connectivity index (χ4n) is 1.96. The second-order valence-corrected chi connectivity index (χ2v) is 4.27. The number of hydrogen-bond acceptors (Lipinski definition) is 5. The monoisotopic (exact) mass is 265 g/mol. The molecule has 1 radical (unpaired) electrons. The zero-order valence-corrected chi connectivity index (χ0v) is 11.1. The van der Waals surface area contributed by atoms with E-state index in [-0.39, 0.29) is 0 Å². The average Bonchev–Trinajstić information content (AvgIpc) is 2.97. The van der Waals surface area contributed by atoms with E-state index in [0.717, 1.165) is 31.8 Å². The van der Waals surface area contributed by atoms with Crippen molar-refractivity contribution in [3.05, 3.63) is 29.9 Å². The predicted molar refractivity (Wildman–Crippen MR) is 67.8 cm³/mol. The molecule has 19 heavy (non-hydrogen) atoms. The van der Waals surface area contributed by atoms with Crippen LogP contribution in [0.2, 0.25) is 0 Å². The van der Waals surface area contributed by atoms with Crippen molar-refractivity contribution in [3.8, 4) is 11.5 Å². The molecule has 0 unspecified atom stereocenters. The van der Waals surface area contributed by atoms with Crippen LogP contribution in [0.15, 0.2) is 18.2 Å². The van der Waals surface area contributed by atoms with Crippen molar-refractivity contribution in [1.82, 2.24) is 0 Å². The highest BCUT2D eigenvalue weighted by atomic mass is 17.2. The van der Waals surface area contributed by atoms with Gasteiger partial charge in [0.05, 0.1) is 14.2 Å². The Labute approximate surface area is 112 Å². The third-order valence-corrected chi connectivity index (χ3v) is 3.03. The minimum absolute atomic E-state index is 0.307. The van der Waals surface area contributed by atoms with Gasteiger partial charge in [-0.3, -0.25) is 4.89 Å². The van der Waals surface area contributed by atoms with Crippen molar-refractivity contribution < 1.29 is 24.0 Å². The first-order valence-corrected chi connectivity index (χ1v) is 6.20. The number of carbonyl (C=O) groups is 1. The lowest BCUT2D eigenvalue weighted by Crippen LogP contribution is -2.10. The SMILES string of the molecule is COc1ccc(C(=O)OO[C]2CCCC2)c(OC)c1. The third kappa shape index (κ3) is 3.38. The zero-order valence-electron chi connectivity index (χ0n) is 11.1. The maximum atomic E-state index is 11.9. The summed E-state index contributed by atoms with van der Waals surface area (Å²) in [4.78, 5) is 21.8. The van der Waals surface area contributed by atoms with E-state index in [0.29, 0.717) is 17.1 Å². The maximum absolute atomic E-state index is 11.9. The summed E-state index contributed by atoms with van der Waals surface area (Å²) in [6.45, 7) is 0. The molecule has 1 aliphatic carbocycles. The molecule has 0 atom stereocenters. The molecular weight excluding hydrogens is 248 g/mol. The van der Waals surface area contributed by atoms with Crippen LogP contribution in [0.25, 0.3) is 0 Å². The van der Waals surface area contributed by atoms with E-state index in [1.165, 1.54) is 7.11 Å². The number of hydrogen-bond donors (Lipinski definition) is 0. The first kappa shape index (κ1) is 13.7. The van der Waals surface area contributed by atoms with Crippen LogP contribution in [-0.2, 0) is 9.78 Å². The zero-order chi connectivity index (χ0) is 13.7. The highest BCUT2D eigenvalue weighted by Gasteiger charge is 2.22. The van der Waals surface area contributed by atoms with Gasteiger partial charge in [-0.15, -0.1) is 0 Å². The summed E-state index contributed by atoms with van der Waals surface area (Å²) < 4.78 is 10.2. The summed E-state index contributed by atoms with van der Waals surface area (Å²) in [6, 6.07) is 4.88. The fraction of sp³-hybridized carbons (Fsp3) is 0.429. The van der Waals surface area contributed by atoms with Crippen LogP contribution >= 0.6 is 0 Å². The fourth-order valence-corrected chi connectivity index (χ4v) is 1.96. The molecule has 0 amide bonds. The Balaban J connectivity index is 2.01.